The topological polar surface area (TPSA) is 37.4 Å². The summed E-state index contributed by atoms with van der Waals surface area (Å²) in [4.78, 5) is 8.17. The third kappa shape index (κ3) is 5.04. The molecule has 1 aromatic heterocycles. The summed E-state index contributed by atoms with van der Waals surface area (Å²) in [5.41, 5.74) is 0. The van der Waals surface area contributed by atoms with Crippen LogP contribution in [-0.4, -0.2) is 38.3 Å². The van der Waals surface area contributed by atoms with Crippen molar-refractivity contribution in [2.75, 3.05) is 38.3 Å². The lowest BCUT2D eigenvalue weighted by Crippen LogP contribution is -2.29. The molecular formula is C15H27N3OS. The normalized spacial score (nSPS) is 16.8. The molecule has 1 aromatic rings. The molecule has 0 aromatic carbocycles. The second kappa shape index (κ2) is 7.96. The summed E-state index contributed by atoms with van der Waals surface area (Å²) in [7, 11) is 2.15. The van der Waals surface area contributed by atoms with Crippen LogP contribution in [0.1, 0.15) is 31.6 Å². The summed E-state index contributed by atoms with van der Waals surface area (Å²) in [5.74, 6) is 1.44. The molecular weight excluding hydrogens is 270 g/mol. The van der Waals surface area contributed by atoms with E-state index in [2.05, 4.69) is 36.1 Å². The average Bonchev–Trinajstić information content (AvgIpc) is 2.88. The van der Waals surface area contributed by atoms with Crippen molar-refractivity contribution in [1.82, 2.24) is 10.3 Å². The largest absolute Gasteiger partial charge is 0.381 e. The number of hydrogen-bond donors (Lipinski definition) is 1. The molecule has 20 heavy (non-hydrogen) atoms. The van der Waals surface area contributed by atoms with Crippen molar-refractivity contribution in [2.45, 2.75) is 33.2 Å². The maximum absolute atomic E-state index is 5.41. The Morgan fingerprint density at radius 1 is 1.45 bits per heavy atom. The van der Waals surface area contributed by atoms with Crippen LogP contribution in [0, 0.1) is 11.8 Å². The second-order valence-corrected chi connectivity index (χ2v) is 7.16. The Morgan fingerprint density at radius 2 is 2.20 bits per heavy atom. The number of nitrogens with one attached hydrogen (secondary N) is 1. The number of rotatable bonds is 7. The lowest BCUT2D eigenvalue weighted by Gasteiger charge is -2.26. The molecule has 2 rings (SSSR count). The lowest BCUT2D eigenvalue weighted by molar-refractivity contribution is 0.0685. The average molecular weight is 297 g/mol. The second-order valence-electron chi connectivity index (χ2n) is 6.07. The van der Waals surface area contributed by atoms with Gasteiger partial charge in [0.2, 0.25) is 0 Å². The third-order valence-corrected chi connectivity index (χ3v) is 4.70. The van der Waals surface area contributed by atoms with Crippen LogP contribution < -0.4 is 10.2 Å². The number of thiazole rings is 1. The molecule has 0 saturated carbocycles. The van der Waals surface area contributed by atoms with Crippen molar-refractivity contribution in [2.24, 2.45) is 11.8 Å². The van der Waals surface area contributed by atoms with Crippen molar-refractivity contribution in [3.8, 4) is 0 Å². The van der Waals surface area contributed by atoms with Crippen LogP contribution in [0.25, 0.3) is 0 Å². The number of hydrogen-bond acceptors (Lipinski definition) is 5. The molecule has 1 N–H and O–H groups in total. The molecule has 1 aliphatic rings. The molecule has 2 heterocycles. The monoisotopic (exact) mass is 297 g/mol. The molecule has 1 aliphatic heterocycles. The number of nitrogens with zero attached hydrogens (tertiary/aromatic N) is 2. The van der Waals surface area contributed by atoms with Crippen molar-refractivity contribution in [3.63, 3.8) is 0 Å². The van der Waals surface area contributed by atoms with E-state index in [0.29, 0.717) is 5.92 Å². The molecule has 5 heteroatoms. The van der Waals surface area contributed by atoms with Gasteiger partial charge in [-0.05, 0) is 31.2 Å². The maximum atomic E-state index is 5.41. The van der Waals surface area contributed by atoms with E-state index in [0.717, 1.165) is 43.9 Å². The standard InChI is InChI=1S/C15H27N3OS/c1-12(2)8-16-9-14-10-17-15(20-14)18(3)11-13-4-6-19-7-5-13/h10,12-13,16H,4-9,11H2,1-3H3. The first-order valence-corrected chi connectivity index (χ1v) is 8.41. The first-order valence-electron chi connectivity index (χ1n) is 7.59. The molecule has 1 saturated heterocycles. The minimum absolute atomic E-state index is 0.693. The Hall–Kier alpha value is -0.650. The predicted octanol–water partition coefficient (Wildman–Crippen LogP) is 2.75. The van der Waals surface area contributed by atoms with Crippen molar-refractivity contribution >= 4 is 16.5 Å². The van der Waals surface area contributed by atoms with Gasteiger partial charge in [-0.1, -0.05) is 13.8 Å². The van der Waals surface area contributed by atoms with E-state index in [1.807, 2.05) is 6.20 Å². The highest BCUT2D eigenvalue weighted by molar-refractivity contribution is 7.15. The minimum Gasteiger partial charge on any atom is -0.381 e. The van der Waals surface area contributed by atoms with E-state index < -0.39 is 0 Å². The van der Waals surface area contributed by atoms with Crippen LogP contribution in [0.4, 0.5) is 5.13 Å². The fourth-order valence-corrected chi connectivity index (χ4v) is 3.28. The van der Waals surface area contributed by atoms with Crippen LogP contribution in [-0.2, 0) is 11.3 Å². The molecule has 114 valence electrons. The quantitative estimate of drug-likeness (QED) is 0.840. The zero-order valence-electron chi connectivity index (χ0n) is 12.9. The van der Waals surface area contributed by atoms with Gasteiger partial charge in [0.1, 0.15) is 0 Å². The summed E-state index contributed by atoms with van der Waals surface area (Å²) in [6.45, 7) is 9.38. The molecule has 0 radical (unpaired) electrons. The number of aromatic nitrogens is 1. The van der Waals surface area contributed by atoms with Crippen LogP contribution in [0.2, 0.25) is 0 Å². The Bertz CT molecular complexity index is 388. The maximum Gasteiger partial charge on any atom is 0.185 e. The Kier molecular flexibility index (Phi) is 6.26. The van der Waals surface area contributed by atoms with Gasteiger partial charge in [0, 0.05) is 44.4 Å². The van der Waals surface area contributed by atoms with Gasteiger partial charge < -0.3 is 15.0 Å². The fraction of sp³-hybridized carbons (Fsp3) is 0.800. The minimum atomic E-state index is 0.693. The molecule has 0 bridgehead atoms. The lowest BCUT2D eigenvalue weighted by atomic mass is 10.0. The summed E-state index contributed by atoms with van der Waals surface area (Å²) in [5, 5.41) is 4.61. The van der Waals surface area contributed by atoms with Crippen LogP contribution in [0.3, 0.4) is 0 Å². The van der Waals surface area contributed by atoms with Crippen molar-refractivity contribution in [1.29, 1.82) is 0 Å². The molecule has 1 fully saturated rings. The number of anilines is 1. The highest BCUT2D eigenvalue weighted by Gasteiger charge is 2.17. The van der Waals surface area contributed by atoms with E-state index >= 15 is 0 Å². The van der Waals surface area contributed by atoms with Gasteiger partial charge in [-0.2, -0.15) is 0 Å². The van der Waals surface area contributed by atoms with Gasteiger partial charge in [-0.25, -0.2) is 4.98 Å². The Balaban J connectivity index is 1.78. The summed E-state index contributed by atoms with van der Waals surface area (Å²) >= 11 is 1.80. The van der Waals surface area contributed by atoms with Crippen LogP contribution >= 0.6 is 11.3 Å². The highest BCUT2D eigenvalue weighted by Crippen LogP contribution is 2.24. The Labute approximate surface area is 126 Å². The fourth-order valence-electron chi connectivity index (χ4n) is 2.43. The highest BCUT2D eigenvalue weighted by atomic mass is 32.1. The van der Waals surface area contributed by atoms with Crippen LogP contribution in [0.5, 0.6) is 0 Å². The van der Waals surface area contributed by atoms with Gasteiger partial charge in [-0.3, -0.25) is 0 Å². The van der Waals surface area contributed by atoms with E-state index in [1.54, 1.807) is 11.3 Å². The van der Waals surface area contributed by atoms with E-state index in [-0.39, 0.29) is 0 Å². The molecule has 0 unspecified atom stereocenters. The molecule has 0 atom stereocenters. The van der Waals surface area contributed by atoms with Gasteiger partial charge in [0.25, 0.3) is 0 Å². The van der Waals surface area contributed by atoms with Gasteiger partial charge in [-0.15, -0.1) is 11.3 Å². The molecule has 0 spiro atoms. The molecule has 0 aliphatic carbocycles. The Morgan fingerprint density at radius 3 is 2.90 bits per heavy atom. The first kappa shape index (κ1) is 15.7. The zero-order valence-corrected chi connectivity index (χ0v) is 13.7. The molecule has 4 nitrogen and oxygen atoms in total. The third-order valence-electron chi connectivity index (χ3n) is 3.59. The van der Waals surface area contributed by atoms with E-state index in [1.165, 1.54) is 17.7 Å². The predicted molar refractivity (Wildman–Crippen MR) is 85.5 cm³/mol. The van der Waals surface area contributed by atoms with Gasteiger partial charge >= 0.3 is 0 Å². The van der Waals surface area contributed by atoms with Gasteiger partial charge in [0.05, 0.1) is 0 Å². The molecule has 0 amide bonds. The van der Waals surface area contributed by atoms with Crippen molar-refractivity contribution in [3.05, 3.63) is 11.1 Å². The summed E-state index contributed by atoms with van der Waals surface area (Å²) in [6, 6.07) is 0. The van der Waals surface area contributed by atoms with Crippen molar-refractivity contribution < 1.29 is 4.74 Å². The van der Waals surface area contributed by atoms with Crippen LogP contribution in [0.15, 0.2) is 6.20 Å². The first-order chi connectivity index (χ1) is 9.65. The SMILES string of the molecule is CC(C)CNCc1cnc(N(C)CC2CCOCC2)s1. The zero-order chi connectivity index (χ0) is 14.4. The van der Waals surface area contributed by atoms with E-state index in [9.17, 15) is 0 Å². The van der Waals surface area contributed by atoms with E-state index in [4.69, 9.17) is 4.74 Å². The number of ether oxygens (including phenoxy) is 1. The summed E-state index contributed by atoms with van der Waals surface area (Å²) < 4.78 is 5.41. The smallest absolute Gasteiger partial charge is 0.185 e. The summed E-state index contributed by atoms with van der Waals surface area (Å²) in [6.07, 6.45) is 4.37. The van der Waals surface area contributed by atoms with Gasteiger partial charge in [0.15, 0.2) is 5.13 Å².